The first-order valence-corrected chi connectivity index (χ1v) is 7.15. The van der Waals surface area contributed by atoms with Gasteiger partial charge in [-0.15, -0.1) is 0 Å². The molecule has 2 heterocycles. The maximum Gasteiger partial charge on any atom is 0.155 e. The molecule has 0 spiro atoms. The Balaban J connectivity index is 0.000000173. The zero-order valence-electron chi connectivity index (χ0n) is 13.2. The van der Waals surface area contributed by atoms with Gasteiger partial charge in [-0.1, -0.05) is 0 Å². The third kappa shape index (κ3) is 4.62. The molecule has 9 heteroatoms. The molecule has 2 aromatic heterocycles. The predicted octanol–water partition coefficient (Wildman–Crippen LogP) is 1.28. The molecule has 0 unspecified atom stereocenters. The summed E-state index contributed by atoms with van der Waals surface area (Å²) in [6.45, 7) is 0. The Bertz CT molecular complexity index is 780. The topological polar surface area (TPSA) is 167 Å². The smallest absolute Gasteiger partial charge is 0.155 e. The van der Waals surface area contributed by atoms with Crippen LogP contribution in [0.2, 0.25) is 0 Å². The van der Waals surface area contributed by atoms with E-state index in [2.05, 4.69) is 30.4 Å². The van der Waals surface area contributed by atoms with E-state index in [4.69, 9.17) is 11.5 Å². The van der Waals surface area contributed by atoms with E-state index < -0.39 is 0 Å². The highest BCUT2D eigenvalue weighted by molar-refractivity contribution is 5.58. The van der Waals surface area contributed by atoms with E-state index in [1.54, 1.807) is 0 Å². The number of nitrogen functional groups attached to an aromatic ring is 2. The van der Waals surface area contributed by atoms with Crippen LogP contribution in [0.5, 0.6) is 0 Å². The van der Waals surface area contributed by atoms with Gasteiger partial charge >= 0.3 is 0 Å². The Morgan fingerprint density at radius 1 is 0.600 bits per heavy atom. The molecule has 0 fully saturated rings. The van der Waals surface area contributed by atoms with Crippen LogP contribution in [0.3, 0.4) is 0 Å². The van der Waals surface area contributed by atoms with E-state index in [0.717, 1.165) is 34.2 Å². The summed E-state index contributed by atoms with van der Waals surface area (Å²) in [5.41, 5.74) is 14.5. The first kappa shape index (κ1) is 17.6. The van der Waals surface area contributed by atoms with Crippen LogP contribution in [-0.2, 0) is 0 Å². The van der Waals surface area contributed by atoms with Crippen molar-refractivity contribution in [1.82, 2.24) is 30.4 Å². The van der Waals surface area contributed by atoms with Gasteiger partial charge in [0.05, 0.1) is 0 Å². The third-order valence-electron chi connectivity index (χ3n) is 3.20. The van der Waals surface area contributed by atoms with Crippen molar-refractivity contribution in [2.75, 3.05) is 11.5 Å². The number of anilines is 2. The van der Waals surface area contributed by atoms with E-state index >= 15 is 0 Å². The molecule has 0 saturated heterocycles. The predicted molar refractivity (Wildman–Crippen MR) is 96.1 cm³/mol. The second kappa shape index (κ2) is 8.22. The molecule has 0 aliphatic rings. The molecule has 0 atom stereocenters. The number of rotatable bonds is 2. The van der Waals surface area contributed by atoms with Gasteiger partial charge in [0.15, 0.2) is 11.6 Å². The van der Waals surface area contributed by atoms with Crippen LogP contribution >= 0.6 is 0 Å². The highest BCUT2D eigenvalue weighted by atomic mass is 16.0. The maximum absolute atomic E-state index is 5.53. The van der Waals surface area contributed by atoms with Gasteiger partial charge in [-0.3, -0.25) is 10.2 Å². The van der Waals surface area contributed by atoms with Crippen molar-refractivity contribution in [1.29, 1.82) is 0 Å². The largest absolute Gasteiger partial charge is 0.412 e. The summed E-state index contributed by atoms with van der Waals surface area (Å²) in [4.78, 5) is 8.02. The quantitative estimate of drug-likeness (QED) is 0.401. The molecular formula is C16H18N8O. The molecule has 4 rings (SSSR count). The Kier molecular flexibility index (Phi) is 5.80. The normalized spacial score (nSPS) is 9.60. The maximum atomic E-state index is 5.53. The highest BCUT2D eigenvalue weighted by Gasteiger charge is 1.98. The molecule has 4 aromatic rings. The molecule has 0 bridgehead atoms. The molecular weight excluding hydrogens is 320 g/mol. The zero-order valence-corrected chi connectivity index (χ0v) is 13.2. The van der Waals surface area contributed by atoms with Crippen molar-refractivity contribution < 1.29 is 5.48 Å². The summed E-state index contributed by atoms with van der Waals surface area (Å²) in [5.74, 6) is 1.52. The van der Waals surface area contributed by atoms with Gasteiger partial charge in [-0.25, -0.2) is 9.97 Å². The molecule has 9 nitrogen and oxygen atoms in total. The summed E-state index contributed by atoms with van der Waals surface area (Å²) in [7, 11) is 0. The van der Waals surface area contributed by atoms with Crippen molar-refractivity contribution in [3.63, 3.8) is 0 Å². The fourth-order valence-electron chi connectivity index (χ4n) is 1.97. The highest BCUT2D eigenvalue weighted by Crippen LogP contribution is 2.15. The van der Waals surface area contributed by atoms with Crippen LogP contribution in [0.1, 0.15) is 0 Å². The average molecular weight is 338 g/mol. The van der Waals surface area contributed by atoms with Crippen molar-refractivity contribution in [3.05, 3.63) is 61.2 Å². The Morgan fingerprint density at radius 3 is 1.24 bits per heavy atom. The second-order valence-electron chi connectivity index (χ2n) is 4.91. The zero-order chi connectivity index (χ0) is 16.8. The first-order valence-electron chi connectivity index (χ1n) is 7.15. The van der Waals surface area contributed by atoms with Crippen LogP contribution in [0.4, 0.5) is 11.4 Å². The number of nitrogens with zero attached hydrogens (tertiary/aromatic N) is 4. The lowest BCUT2D eigenvalue weighted by molar-refractivity contribution is 0.824. The molecule has 0 radical (unpaired) electrons. The van der Waals surface area contributed by atoms with Gasteiger partial charge in [0.2, 0.25) is 0 Å². The number of nitrogens with one attached hydrogen (secondary N) is 2. The average Bonchev–Trinajstić information content (AvgIpc) is 3.31. The fraction of sp³-hybridized carbons (Fsp3) is 0. The van der Waals surface area contributed by atoms with E-state index in [9.17, 15) is 0 Å². The van der Waals surface area contributed by atoms with Gasteiger partial charge in [-0.05, 0) is 48.5 Å². The summed E-state index contributed by atoms with van der Waals surface area (Å²) in [5, 5.41) is 13.0. The summed E-state index contributed by atoms with van der Waals surface area (Å²) < 4.78 is 0. The lowest BCUT2D eigenvalue weighted by atomic mass is 10.2. The van der Waals surface area contributed by atoms with E-state index in [1.807, 2.05) is 48.5 Å². The van der Waals surface area contributed by atoms with Gasteiger partial charge in [0.25, 0.3) is 0 Å². The molecule has 0 amide bonds. The number of benzene rings is 2. The number of hydrogen-bond donors (Lipinski definition) is 4. The third-order valence-corrected chi connectivity index (χ3v) is 3.20. The Labute approximate surface area is 143 Å². The fourth-order valence-corrected chi connectivity index (χ4v) is 1.97. The lowest BCUT2D eigenvalue weighted by Gasteiger charge is -1.95. The standard InChI is InChI=1S/2C8H8N4.H2O/c2*9-7-3-1-6(2-4-7)8-10-5-11-12-8;/h2*1-5H,9H2,(H,10,11,12);1H2. The number of H-pyrrole nitrogens is 2. The van der Waals surface area contributed by atoms with Gasteiger partial charge in [0.1, 0.15) is 12.7 Å². The Hall–Kier alpha value is -3.72. The summed E-state index contributed by atoms with van der Waals surface area (Å²) in [6, 6.07) is 14.9. The van der Waals surface area contributed by atoms with E-state index in [0.29, 0.717) is 0 Å². The van der Waals surface area contributed by atoms with Crippen LogP contribution in [0.25, 0.3) is 22.8 Å². The minimum absolute atomic E-state index is 0. The van der Waals surface area contributed by atoms with Crippen LogP contribution < -0.4 is 11.5 Å². The van der Waals surface area contributed by atoms with Crippen molar-refractivity contribution in [2.45, 2.75) is 0 Å². The first-order chi connectivity index (χ1) is 11.7. The number of hydrogen-bond acceptors (Lipinski definition) is 6. The van der Waals surface area contributed by atoms with Gasteiger partial charge < -0.3 is 16.9 Å². The van der Waals surface area contributed by atoms with Crippen LogP contribution in [0.15, 0.2) is 61.2 Å². The SMILES string of the molecule is Nc1ccc(-c2ncn[nH]2)cc1.Nc1ccc(-c2ncn[nH]2)cc1.O. The molecule has 0 aliphatic carbocycles. The van der Waals surface area contributed by atoms with Crippen molar-refractivity contribution >= 4 is 11.4 Å². The van der Waals surface area contributed by atoms with Gasteiger partial charge in [-0.2, -0.15) is 10.2 Å². The molecule has 2 aromatic carbocycles. The summed E-state index contributed by atoms with van der Waals surface area (Å²) >= 11 is 0. The van der Waals surface area contributed by atoms with Crippen LogP contribution in [-0.4, -0.2) is 35.8 Å². The number of aromatic amines is 2. The van der Waals surface area contributed by atoms with E-state index in [1.165, 1.54) is 12.7 Å². The van der Waals surface area contributed by atoms with Gasteiger partial charge in [0, 0.05) is 22.5 Å². The molecule has 0 saturated carbocycles. The molecule has 8 N–H and O–H groups in total. The minimum atomic E-state index is 0. The van der Waals surface area contributed by atoms with Crippen molar-refractivity contribution in [3.8, 4) is 22.8 Å². The second-order valence-corrected chi connectivity index (χ2v) is 4.91. The lowest BCUT2D eigenvalue weighted by Crippen LogP contribution is -1.84. The minimum Gasteiger partial charge on any atom is -0.412 e. The Morgan fingerprint density at radius 2 is 0.960 bits per heavy atom. The number of aromatic nitrogens is 6. The monoisotopic (exact) mass is 338 g/mol. The molecule has 0 aliphatic heterocycles. The number of nitrogens with two attached hydrogens (primary N) is 2. The van der Waals surface area contributed by atoms with Crippen LogP contribution in [0, 0.1) is 0 Å². The van der Waals surface area contributed by atoms with Crippen molar-refractivity contribution in [2.24, 2.45) is 0 Å². The summed E-state index contributed by atoms with van der Waals surface area (Å²) in [6.07, 6.45) is 2.96. The molecule has 128 valence electrons. The molecule has 25 heavy (non-hydrogen) atoms. The van der Waals surface area contributed by atoms with E-state index in [-0.39, 0.29) is 5.48 Å².